The molecule has 0 aromatic carbocycles. The summed E-state index contributed by atoms with van der Waals surface area (Å²) in [6.07, 6.45) is -9.24. The molecule has 98 valence electrons. The van der Waals surface area contributed by atoms with Crippen molar-refractivity contribution in [3.05, 3.63) is 0 Å². The lowest BCUT2D eigenvalue weighted by atomic mass is 10.4. The molecule has 0 unspecified atom stereocenters. The maximum Gasteiger partial charge on any atom is 0.522 e. The highest BCUT2D eigenvalue weighted by atomic mass is 79.9. The number of rotatable bonds is 6. The Labute approximate surface area is 96.7 Å². The Morgan fingerprint density at radius 1 is 1.00 bits per heavy atom. The van der Waals surface area contributed by atoms with Gasteiger partial charge in [-0.2, -0.15) is 13.2 Å². The number of ether oxygens (including phenoxy) is 1. The van der Waals surface area contributed by atoms with Gasteiger partial charge < -0.3 is 0 Å². The largest absolute Gasteiger partial charge is 0.522 e. The Morgan fingerprint density at radius 3 is 1.94 bits per heavy atom. The van der Waals surface area contributed by atoms with Crippen LogP contribution < -0.4 is 0 Å². The van der Waals surface area contributed by atoms with Gasteiger partial charge in [-0.1, -0.05) is 15.9 Å². The summed E-state index contributed by atoms with van der Waals surface area (Å²) in [5, 5.41) is 0.245. The van der Waals surface area contributed by atoms with Gasteiger partial charge in [-0.25, -0.2) is 0 Å². The van der Waals surface area contributed by atoms with Crippen LogP contribution in [0.3, 0.4) is 0 Å². The Balaban J connectivity index is 3.95. The summed E-state index contributed by atoms with van der Waals surface area (Å²) in [6.45, 7) is -2.49. The Kier molecular flexibility index (Phi) is 6.64. The number of hydrogen-bond donors (Lipinski definition) is 0. The normalized spacial score (nSPS) is 13.5. The molecule has 0 amide bonds. The molecule has 0 N–H and O–H groups in total. The van der Waals surface area contributed by atoms with E-state index < -0.39 is 32.2 Å². The molecule has 0 spiro atoms. The van der Waals surface area contributed by atoms with E-state index in [0.717, 1.165) is 4.90 Å². The fourth-order valence-electron chi connectivity index (χ4n) is 0.933. The van der Waals surface area contributed by atoms with Crippen LogP contribution in [0.15, 0.2) is 0 Å². The van der Waals surface area contributed by atoms with Gasteiger partial charge in [0.25, 0.3) is 0 Å². The fourth-order valence-corrected chi connectivity index (χ4v) is 1.43. The van der Waals surface area contributed by atoms with Gasteiger partial charge in [-0.3, -0.25) is 9.64 Å². The Bertz CT molecular complexity index is 194. The molecule has 0 aromatic heterocycles. The molecule has 2 nitrogen and oxygen atoms in total. The molecule has 0 heterocycles. The number of hydrogen-bond acceptors (Lipinski definition) is 2. The van der Waals surface area contributed by atoms with Gasteiger partial charge in [0.2, 0.25) is 0 Å². The van der Waals surface area contributed by atoms with Crippen LogP contribution in [0.25, 0.3) is 0 Å². The summed E-state index contributed by atoms with van der Waals surface area (Å²) in [7, 11) is 0. The van der Waals surface area contributed by atoms with Crippen molar-refractivity contribution in [2.24, 2.45) is 0 Å². The van der Waals surface area contributed by atoms with Crippen molar-refractivity contribution in [3.8, 4) is 0 Å². The topological polar surface area (TPSA) is 12.5 Å². The highest BCUT2D eigenvalue weighted by Crippen LogP contribution is 2.18. The second kappa shape index (κ2) is 6.65. The molecule has 0 bridgehead atoms. The molecular formula is C7H10BrF6NO. The van der Waals surface area contributed by atoms with E-state index in [0.29, 0.717) is 0 Å². The summed E-state index contributed by atoms with van der Waals surface area (Å²) in [5.74, 6) is 0. The van der Waals surface area contributed by atoms with E-state index in [1.807, 2.05) is 0 Å². The molecule has 16 heavy (non-hydrogen) atoms. The van der Waals surface area contributed by atoms with Crippen molar-refractivity contribution in [3.63, 3.8) is 0 Å². The third kappa shape index (κ3) is 10.5. The lowest BCUT2D eigenvalue weighted by Gasteiger charge is -2.22. The smallest absolute Gasteiger partial charge is 0.292 e. The fraction of sp³-hybridized carbons (Fsp3) is 1.00. The zero-order valence-corrected chi connectivity index (χ0v) is 9.62. The second-order valence-corrected chi connectivity index (χ2v) is 3.67. The minimum atomic E-state index is -4.81. The van der Waals surface area contributed by atoms with Gasteiger partial charge in [-0.05, 0) is 0 Å². The number of nitrogens with zero attached hydrogens (tertiary/aromatic N) is 1. The predicted octanol–water partition coefficient (Wildman–Crippen LogP) is 2.78. The molecule has 0 radical (unpaired) electrons. The molecule has 0 fully saturated rings. The van der Waals surface area contributed by atoms with Crippen molar-refractivity contribution < 1.29 is 31.1 Å². The van der Waals surface area contributed by atoms with Gasteiger partial charge >= 0.3 is 12.5 Å². The van der Waals surface area contributed by atoms with E-state index >= 15 is 0 Å². The van der Waals surface area contributed by atoms with Crippen LogP contribution in [0.2, 0.25) is 0 Å². The van der Waals surface area contributed by atoms with Gasteiger partial charge in [0, 0.05) is 18.4 Å². The van der Waals surface area contributed by atoms with Crippen LogP contribution in [-0.2, 0) is 4.74 Å². The number of halogens is 7. The molecular weight excluding hydrogens is 308 g/mol. The first-order chi connectivity index (χ1) is 7.14. The Morgan fingerprint density at radius 2 is 1.56 bits per heavy atom. The van der Waals surface area contributed by atoms with Gasteiger partial charge in [0.1, 0.15) is 0 Å². The SMILES string of the molecule is FC(F)(F)CN(CCBr)CCOC(F)(F)F. The molecule has 0 aromatic rings. The van der Waals surface area contributed by atoms with E-state index in [4.69, 9.17) is 0 Å². The maximum absolute atomic E-state index is 12.0. The average molecular weight is 318 g/mol. The van der Waals surface area contributed by atoms with Crippen molar-refractivity contribution in [1.29, 1.82) is 0 Å². The predicted molar refractivity (Wildman–Crippen MR) is 48.3 cm³/mol. The molecule has 0 aliphatic rings. The zero-order chi connectivity index (χ0) is 12.8. The van der Waals surface area contributed by atoms with Gasteiger partial charge in [0.05, 0.1) is 13.2 Å². The Hall–Kier alpha value is -0.0200. The van der Waals surface area contributed by atoms with Crippen LogP contribution in [0.1, 0.15) is 0 Å². The van der Waals surface area contributed by atoms with Crippen LogP contribution >= 0.6 is 15.9 Å². The maximum atomic E-state index is 12.0. The molecule has 0 rings (SSSR count). The first-order valence-electron chi connectivity index (χ1n) is 4.20. The lowest BCUT2D eigenvalue weighted by molar-refractivity contribution is -0.325. The van der Waals surface area contributed by atoms with E-state index in [1.165, 1.54) is 0 Å². The van der Waals surface area contributed by atoms with Crippen LogP contribution in [0.5, 0.6) is 0 Å². The minimum absolute atomic E-state index is 0.000721. The van der Waals surface area contributed by atoms with Crippen molar-refractivity contribution >= 4 is 15.9 Å². The van der Waals surface area contributed by atoms with Crippen molar-refractivity contribution in [1.82, 2.24) is 4.90 Å². The molecule has 0 saturated carbocycles. The lowest BCUT2D eigenvalue weighted by Crippen LogP contribution is -2.38. The summed E-state index contributed by atoms with van der Waals surface area (Å²) in [5.41, 5.74) is 0. The molecule has 0 aliphatic heterocycles. The summed E-state index contributed by atoms with van der Waals surface area (Å²) >= 11 is 2.92. The third-order valence-corrected chi connectivity index (χ3v) is 1.83. The minimum Gasteiger partial charge on any atom is -0.292 e. The van der Waals surface area contributed by atoms with Crippen molar-refractivity contribution in [2.75, 3.05) is 31.6 Å². The van der Waals surface area contributed by atoms with Gasteiger partial charge in [0.15, 0.2) is 0 Å². The van der Waals surface area contributed by atoms with E-state index in [1.54, 1.807) is 0 Å². The average Bonchev–Trinajstić information content (AvgIpc) is 1.98. The van der Waals surface area contributed by atoms with Crippen LogP contribution in [0, 0.1) is 0 Å². The molecule has 0 aliphatic carbocycles. The van der Waals surface area contributed by atoms with Gasteiger partial charge in [-0.15, -0.1) is 13.2 Å². The standard InChI is InChI=1S/C7H10BrF6NO/c8-1-2-15(5-6(9,10)11)3-4-16-7(12,13)14/h1-5H2. The summed E-state index contributed by atoms with van der Waals surface area (Å²) in [6, 6.07) is 0. The quantitative estimate of drug-likeness (QED) is 0.552. The molecule has 9 heteroatoms. The monoisotopic (exact) mass is 317 g/mol. The summed E-state index contributed by atoms with van der Waals surface area (Å²) in [4.78, 5) is 0.834. The highest BCUT2D eigenvalue weighted by Gasteiger charge is 2.32. The van der Waals surface area contributed by atoms with Crippen LogP contribution in [0.4, 0.5) is 26.3 Å². The second-order valence-electron chi connectivity index (χ2n) is 2.87. The third-order valence-electron chi connectivity index (χ3n) is 1.48. The number of alkyl halides is 7. The first kappa shape index (κ1) is 16.0. The van der Waals surface area contributed by atoms with E-state index in [9.17, 15) is 26.3 Å². The first-order valence-corrected chi connectivity index (χ1v) is 5.32. The zero-order valence-electron chi connectivity index (χ0n) is 8.04. The van der Waals surface area contributed by atoms with Crippen LogP contribution in [-0.4, -0.2) is 49.0 Å². The molecule has 0 saturated heterocycles. The summed E-state index contributed by atoms with van der Waals surface area (Å²) < 4.78 is 74.0. The van der Waals surface area contributed by atoms with E-state index in [2.05, 4.69) is 20.7 Å². The molecule has 0 atom stereocenters. The van der Waals surface area contributed by atoms with E-state index in [-0.39, 0.29) is 11.9 Å². The van der Waals surface area contributed by atoms with Crippen molar-refractivity contribution in [2.45, 2.75) is 12.5 Å². The highest BCUT2D eigenvalue weighted by molar-refractivity contribution is 9.09.